The first-order valence-corrected chi connectivity index (χ1v) is 6.95. The van der Waals surface area contributed by atoms with E-state index in [2.05, 4.69) is 29.7 Å². The molecule has 4 nitrogen and oxygen atoms in total. The molecule has 1 fully saturated rings. The summed E-state index contributed by atoms with van der Waals surface area (Å²) in [4.78, 5) is 0. The van der Waals surface area contributed by atoms with Gasteiger partial charge in [0.15, 0.2) is 0 Å². The van der Waals surface area contributed by atoms with Gasteiger partial charge < -0.3 is 10.8 Å². The highest BCUT2D eigenvalue weighted by Gasteiger charge is 2.44. The van der Waals surface area contributed by atoms with Gasteiger partial charge in [0.1, 0.15) is 0 Å². The molecule has 0 bridgehead atoms. The third kappa shape index (κ3) is 2.31. The Kier molecular flexibility index (Phi) is 4.07. The van der Waals surface area contributed by atoms with E-state index in [4.69, 9.17) is 5.73 Å². The number of nitrogens with two attached hydrogens (primary N) is 1. The minimum atomic E-state index is 0.00348. The molecule has 1 aromatic rings. The fourth-order valence-electron chi connectivity index (χ4n) is 3.07. The number of hydrogen-bond donors (Lipinski definition) is 2. The standard InChI is InChI=1S/C14H25N3O/c1-11(2)9-17-13(4-7-16-17)12(8-15)14(10-18)5-3-6-14/h4,7,11-12,18H,3,5-6,8-10,15H2,1-2H3. The fourth-order valence-corrected chi connectivity index (χ4v) is 3.07. The van der Waals surface area contributed by atoms with Gasteiger partial charge in [-0.3, -0.25) is 4.68 Å². The van der Waals surface area contributed by atoms with Crippen molar-refractivity contribution in [2.75, 3.05) is 13.2 Å². The van der Waals surface area contributed by atoms with E-state index in [0.29, 0.717) is 12.5 Å². The molecule has 1 aromatic heterocycles. The van der Waals surface area contributed by atoms with E-state index < -0.39 is 0 Å². The Labute approximate surface area is 109 Å². The Balaban J connectivity index is 2.24. The number of aliphatic hydroxyl groups excluding tert-OH is 1. The Bertz CT molecular complexity index is 377. The van der Waals surface area contributed by atoms with E-state index in [1.165, 1.54) is 12.1 Å². The predicted molar refractivity (Wildman–Crippen MR) is 72.2 cm³/mol. The van der Waals surface area contributed by atoms with Gasteiger partial charge in [0.25, 0.3) is 0 Å². The van der Waals surface area contributed by atoms with E-state index in [9.17, 15) is 5.11 Å². The Morgan fingerprint density at radius 1 is 1.50 bits per heavy atom. The van der Waals surface area contributed by atoms with Gasteiger partial charge in [-0.1, -0.05) is 20.3 Å². The molecule has 1 unspecified atom stereocenters. The average molecular weight is 251 g/mol. The summed E-state index contributed by atoms with van der Waals surface area (Å²) in [6, 6.07) is 2.07. The molecule has 0 saturated heterocycles. The first kappa shape index (κ1) is 13.6. The van der Waals surface area contributed by atoms with Crippen LogP contribution < -0.4 is 5.73 Å². The summed E-state index contributed by atoms with van der Waals surface area (Å²) in [7, 11) is 0. The first-order valence-electron chi connectivity index (χ1n) is 6.95. The van der Waals surface area contributed by atoms with E-state index in [1.54, 1.807) is 0 Å². The van der Waals surface area contributed by atoms with Gasteiger partial charge >= 0.3 is 0 Å². The van der Waals surface area contributed by atoms with Crippen molar-refractivity contribution in [3.63, 3.8) is 0 Å². The average Bonchev–Trinajstić information content (AvgIpc) is 2.70. The van der Waals surface area contributed by atoms with E-state index in [-0.39, 0.29) is 17.9 Å². The van der Waals surface area contributed by atoms with Crippen molar-refractivity contribution < 1.29 is 5.11 Å². The highest BCUT2D eigenvalue weighted by Crippen LogP contribution is 2.50. The van der Waals surface area contributed by atoms with Crippen LogP contribution in [0.2, 0.25) is 0 Å². The lowest BCUT2D eigenvalue weighted by Crippen LogP contribution is -2.43. The third-order valence-corrected chi connectivity index (χ3v) is 4.28. The first-order chi connectivity index (χ1) is 8.63. The molecule has 1 aliphatic rings. The second-order valence-corrected chi connectivity index (χ2v) is 5.99. The summed E-state index contributed by atoms with van der Waals surface area (Å²) in [5.74, 6) is 0.797. The molecule has 4 heteroatoms. The van der Waals surface area contributed by atoms with Gasteiger partial charge in [-0.2, -0.15) is 5.10 Å². The normalized spacial score (nSPS) is 19.8. The van der Waals surface area contributed by atoms with Crippen molar-refractivity contribution >= 4 is 0 Å². The van der Waals surface area contributed by atoms with Crippen molar-refractivity contribution in [2.24, 2.45) is 17.1 Å². The molecule has 1 aliphatic carbocycles. The highest BCUT2D eigenvalue weighted by atomic mass is 16.3. The van der Waals surface area contributed by atoms with Gasteiger partial charge in [0.2, 0.25) is 0 Å². The summed E-state index contributed by atoms with van der Waals surface area (Å²) < 4.78 is 2.07. The molecule has 3 N–H and O–H groups in total. The summed E-state index contributed by atoms with van der Waals surface area (Å²) >= 11 is 0. The molecule has 1 heterocycles. The van der Waals surface area contributed by atoms with Gasteiger partial charge in [-0.15, -0.1) is 0 Å². The molecule has 0 amide bonds. The Morgan fingerprint density at radius 3 is 2.67 bits per heavy atom. The zero-order valence-corrected chi connectivity index (χ0v) is 11.5. The van der Waals surface area contributed by atoms with Crippen LogP contribution in [0.5, 0.6) is 0 Å². The van der Waals surface area contributed by atoms with E-state index in [0.717, 1.165) is 19.4 Å². The highest BCUT2D eigenvalue weighted by molar-refractivity contribution is 5.16. The van der Waals surface area contributed by atoms with Crippen LogP contribution in [0.4, 0.5) is 0 Å². The summed E-state index contributed by atoms with van der Waals surface area (Å²) in [6.45, 7) is 6.12. The van der Waals surface area contributed by atoms with E-state index >= 15 is 0 Å². The van der Waals surface area contributed by atoms with Crippen LogP contribution in [0, 0.1) is 11.3 Å². The van der Waals surface area contributed by atoms with Crippen LogP contribution in [-0.4, -0.2) is 28.0 Å². The second-order valence-electron chi connectivity index (χ2n) is 5.99. The molecule has 1 saturated carbocycles. The molecule has 2 rings (SSSR count). The van der Waals surface area contributed by atoms with Gasteiger partial charge in [-0.05, 0) is 24.8 Å². The smallest absolute Gasteiger partial charge is 0.0494 e. The molecule has 1 atom stereocenters. The lowest BCUT2D eigenvalue weighted by atomic mass is 9.60. The minimum absolute atomic E-state index is 0.00348. The molecule has 18 heavy (non-hydrogen) atoms. The predicted octanol–water partition coefficient (Wildman–Crippen LogP) is 1.74. The maximum Gasteiger partial charge on any atom is 0.0494 e. The quantitative estimate of drug-likeness (QED) is 0.809. The molecule has 0 spiro atoms. The van der Waals surface area contributed by atoms with Crippen molar-refractivity contribution in [1.29, 1.82) is 0 Å². The van der Waals surface area contributed by atoms with E-state index in [1.807, 2.05) is 6.20 Å². The van der Waals surface area contributed by atoms with Crippen LogP contribution in [0.3, 0.4) is 0 Å². The molecule has 0 aliphatic heterocycles. The molecule has 102 valence electrons. The molecule has 0 aromatic carbocycles. The lowest BCUT2D eigenvalue weighted by Gasteiger charge is -2.46. The van der Waals surface area contributed by atoms with Crippen LogP contribution in [0.1, 0.15) is 44.7 Å². The number of hydrogen-bond acceptors (Lipinski definition) is 3. The number of aromatic nitrogens is 2. The maximum absolute atomic E-state index is 9.72. The zero-order chi connectivity index (χ0) is 13.2. The second kappa shape index (κ2) is 5.41. The monoisotopic (exact) mass is 251 g/mol. The topological polar surface area (TPSA) is 64.1 Å². The Morgan fingerprint density at radius 2 is 2.22 bits per heavy atom. The zero-order valence-electron chi connectivity index (χ0n) is 11.5. The molecular weight excluding hydrogens is 226 g/mol. The fraction of sp³-hybridized carbons (Fsp3) is 0.786. The van der Waals surface area contributed by atoms with Crippen LogP contribution in [0.15, 0.2) is 12.3 Å². The van der Waals surface area contributed by atoms with Crippen LogP contribution in [0.25, 0.3) is 0 Å². The van der Waals surface area contributed by atoms with Crippen molar-refractivity contribution in [3.05, 3.63) is 18.0 Å². The van der Waals surface area contributed by atoms with Crippen molar-refractivity contribution in [1.82, 2.24) is 9.78 Å². The summed E-state index contributed by atoms with van der Waals surface area (Å²) in [5.41, 5.74) is 7.18. The summed E-state index contributed by atoms with van der Waals surface area (Å²) in [6.07, 6.45) is 5.22. The number of nitrogens with zero attached hydrogens (tertiary/aromatic N) is 2. The van der Waals surface area contributed by atoms with Crippen molar-refractivity contribution in [3.8, 4) is 0 Å². The minimum Gasteiger partial charge on any atom is -0.396 e. The third-order valence-electron chi connectivity index (χ3n) is 4.28. The van der Waals surface area contributed by atoms with Gasteiger partial charge in [-0.25, -0.2) is 0 Å². The van der Waals surface area contributed by atoms with Crippen molar-refractivity contribution in [2.45, 2.75) is 45.6 Å². The molecular formula is C14H25N3O. The largest absolute Gasteiger partial charge is 0.396 e. The maximum atomic E-state index is 9.72. The molecule has 0 radical (unpaired) electrons. The SMILES string of the molecule is CC(C)Cn1nccc1C(CN)C1(CO)CCC1. The summed E-state index contributed by atoms with van der Waals surface area (Å²) in [5, 5.41) is 14.1. The van der Waals surface area contributed by atoms with Crippen LogP contribution in [-0.2, 0) is 6.54 Å². The lowest BCUT2D eigenvalue weighted by molar-refractivity contribution is 0.0164. The number of rotatable bonds is 6. The number of aliphatic hydroxyl groups is 1. The van der Waals surface area contributed by atoms with Gasteiger partial charge in [0, 0.05) is 42.9 Å². The Hall–Kier alpha value is -0.870. The van der Waals surface area contributed by atoms with Crippen LogP contribution >= 0.6 is 0 Å². The van der Waals surface area contributed by atoms with Gasteiger partial charge in [0.05, 0.1) is 0 Å².